The van der Waals surface area contributed by atoms with E-state index in [1.165, 1.54) is 0 Å². The van der Waals surface area contributed by atoms with E-state index in [0.29, 0.717) is 11.3 Å². The highest BCUT2D eigenvalue weighted by Crippen LogP contribution is 1.90. The average molecular weight is 112 g/mol. The Labute approximate surface area is 45.4 Å². The van der Waals surface area contributed by atoms with Crippen molar-refractivity contribution in [3.63, 3.8) is 0 Å². The molecule has 0 aromatic carbocycles. The molecule has 2 heteroatoms. The van der Waals surface area contributed by atoms with Gasteiger partial charge in [0, 0.05) is 0 Å². The fourth-order valence-corrected chi connectivity index (χ4v) is 0.680. The lowest BCUT2D eigenvalue weighted by atomic mass is 10.5. The zero-order chi connectivity index (χ0) is 5.11. The van der Waals surface area contributed by atoms with Gasteiger partial charge in [0.05, 0.1) is 16.1 Å². The first-order valence-electron chi connectivity index (χ1n) is 1.95. The highest BCUT2D eigenvalue weighted by molar-refractivity contribution is 7.67. The lowest BCUT2D eigenvalue weighted by Gasteiger charge is -1.67. The lowest BCUT2D eigenvalue weighted by molar-refractivity contribution is 0.701. The molecule has 0 atom stereocenters. The second kappa shape index (κ2) is 1.89. The standard InChI is InChI=1S/C5H4OS/c6-7-5-3-1-2-4-5/h1-4H. The van der Waals surface area contributed by atoms with Crippen molar-refractivity contribution in [3.8, 4) is 0 Å². The van der Waals surface area contributed by atoms with Gasteiger partial charge in [-0.15, -0.1) is 0 Å². The van der Waals surface area contributed by atoms with Crippen molar-refractivity contribution in [3.05, 3.63) is 24.3 Å². The van der Waals surface area contributed by atoms with Crippen LogP contribution in [0.1, 0.15) is 0 Å². The van der Waals surface area contributed by atoms with Crippen molar-refractivity contribution in [2.24, 2.45) is 0 Å². The predicted octanol–water partition coefficient (Wildman–Crippen LogP) is 0.498. The molecule has 0 saturated carbocycles. The minimum atomic E-state index is 0.525. The van der Waals surface area contributed by atoms with Crippen molar-refractivity contribution in [2.75, 3.05) is 0 Å². The maximum Gasteiger partial charge on any atom is 0.0965 e. The first kappa shape index (κ1) is 4.53. The Balaban J connectivity index is 3.00. The van der Waals surface area contributed by atoms with E-state index in [9.17, 15) is 4.21 Å². The molecule has 0 radical (unpaired) electrons. The van der Waals surface area contributed by atoms with Gasteiger partial charge in [0.1, 0.15) is 0 Å². The molecule has 0 aromatic rings. The van der Waals surface area contributed by atoms with Gasteiger partial charge < -0.3 is 0 Å². The Kier molecular flexibility index (Phi) is 1.22. The third kappa shape index (κ3) is 0.871. The third-order valence-electron chi connectivity index (χ3n) is 0.728. The van der Waals surface area contributed by atoms with Crippen molar-refractivity contribution >= 4 is 16.1 Å². The summed E-state index contributed by atoms with van der Waals surface area (Å²) in [4.78, 5) is 0.792. The van der Waals surface area contributed by atoms with Crippen LogP contribution >= 0.6 is 0 Å². The lowest BCUT2D eigenvalue weighted by Crippen LogP contribution is -1.77. The Bertz CT molecular complexity index is 159. The number of hydrogen-bond donors (Lipinski definition) is 0. The van der Waals surface area contributed by atoms with Crippen LogP contribution in [0.4, 0.5) is 0 Å². The summed E-state index contributed by atoms with van der Waals surface area (Å²) < 4.78 is 9.91. The molecule has 0 unspecified atom stereocenters. The molecule has 0 bridgehead atoms. The summed E-state index contributed by atoms with van der Waals surface area (Å²) in [5.41, 5.74) is 0. The minimum Gasteiger partial charge on any atom is -0.212 e. The van der Waals surface area contributed by atoms with Gasteiger partial charge >= 0.3 is 0 Å². The monoisotopic (exact) mass is 112 g/mol. The van der Waals surface area contributed by atoms with E-state index in [1.807, 2.05) is 12.2 Å². The fraction of sp³-hybridized carbons (Fsp3) is 0. The molecular formula is C5H4OS. The van der Waals surface area contributed by atoms with E-state index in [-0.39, 0.29) is 0 Å². The summed E-state index contributed by atoms with van der Waals surface area (Å²) in [5.74, 6) is 0. The summed E-state index contributed by atoms with van der Waals surface area (Å²) in [5, 5.41) is 0. The van der Waals surface area contributed by atoms with Gasteiger partial charge in [-0.1, -0.05) is 12.2 Å². The van der Waals surface area contributed by atoms with Crippen LogP contribution in [-0.2, 0) is 11.3 Å². The fourth-order valence-electron chi connectivity index (χ4n) is 0.412. The summed E-state index contributed by atoms with van der Waals surface area (Å²) in [6.45, 7) is 0. The molecule has 0 fully saturated rings. The number of hydrogen-bond acceptors (Lipinski definition) is 1. The van der Waals surface area contributed by atoms with E-state index < -0.39 is 0 Å². The first-order chi connectivity index (χ1) is 3.43. The zero-order valence-corrected chi connectivity index (χ0v) is 4.44. The van der Waals surface area contributed by atoms with Gasteiger partial charge in [0.2, 0.25) is 0 Å². The van der Waals surface area contributed by atoms with Gasteiger partial charge in [-0.2, -0.15) is 0 Å². The van der Waals surface area contributed by atoms with Gasteiger partial charge in [-0.3, -0.25) is 0 Å². The molecule has 36 valence electrons. The van der Waals surface area contributed by atoms with Crippen molar-refractivity contribution < 1.29 is 4.21 Å². The van der Waals surface area contributed by atoms with E-state index in [2.05, 4.69) is 0 Å². The molecule has 1 nitrogen and oxygen atoms in total. The Hall–Kier alpha value is -0.630. The van der Waals surface area contributed by atoms with Gasteiger partial charge in [0.15, 0.2) is 0 Å². The van der Waals surface area contributed by atoms with E-state index in [4.69, 9.17) is 0 Å². The van der Waals surface area contributed by atoms with Crippen molar-refractivity contribution in [2.45, 2.75) is 0 Å². The van der Waals surface area contributed by atoms with Crippen LogP contribution in [0.15, 0.2) is 24.3 Å². The van der Waals surface area contributed by atoms with E-state index in [1.54, 1.807) is 12.2 Å². The minimum absolute atomic E-state index is 0.525. The average Bonchev–Trinajstić information content (AvgIpc) is 2.14. The van der Waals surface area contributed by atoms with Crippen LogP contribution in [0.2, 0.25) is 0 Å². The second-order valence-corrected chi connectivity index (χ2v) is 1.84. The SMILES string of the molecule is O=S=C1C=CC=C1. The third-order valence-corrected chi connectivity index (χ3v) is 1.19. The van der Waals surface area contributed by atoms with E-state index in [0.717, 1.165) is 4.86 Å². The van der Waals surface area contributed by atoms with Gasteiger partial charge in [0.25, 0.3) is 0 Å². The molecular weight excluding hydrogens is 108 g/mol. The molecule has 1 rings (SSSR count). The zero-order valence-electron chi connectivity index (χ0n) is 3.63. The Morgan fingerprint density at radius 3 is 2.14 bits per heavy atom. The maximum absolute atomic E-state index is 9.91. The Morgan fingerprint density at radius 1 is 1.29 bits per heavy atom. The smallest absolute Gasteiger partial charge is 0.0965 e. The number of rotatable bonds is 0. The highest BCUT2D eigenvalue weighted by atomic mass is 32.1. The first-order valence-corrected chi connectivity index (χ1v) is 2.69. The predicted molar refractivity (Wildman–Crippen MR) is 31.4 cm³/mol. The Morgan fingerprint density at radius 2 is 1.86 bits per heavy atom. The molecule has 0 amide bonds. The summed E-state index contributed by atoms with van der Waals surface area (Å²) >= 11 is 0.525. The molecule has 0 heterocycles. The van der Waals surface area contributed by atoms with Crippen molar-refractivity contribution in [1.82, 2.24) is 0 Å². The molecule has 1 aliphatic carbocycles. The maximum atomic E-state index is 9.91. The largest absolute Gasteiger partial charge is 0.212 e. The second-order valence-electron chi connectivity index (χ2n) is 1.20. The van der Waals surface area contributed by atoms with Crippen LogP contribution < -0.4 is 0 Å². The van der Waals surface area contributed by atoms with Crippen LogP contribution in [0.5, 0.6) is 0 Å². The molecule has 0 spiro atoms. The van der Waals surface area contributed by atoms with Crippen LogP contribution in [0.3, 0.4) is 0 Å². The van der Waals surface area contributed by atoms with Gasteiger partial charge in [-0.05, 0) is 12.2 Å². The summed E-state index contributed by atoms with van der Waals surface area (Å²) in [6, 6.07) is 0. The topological polar surface area (TPSA) is 17.1 Å². The van der Waals surface area contributed by atoms with Crippen molar-refractivity contribution in [1.29, 1.82) is 0 Å². The normalized spacial score (nSPS) is 15.7. The highest BCUT2D eigenvalue weighted by Gasteiger charge is 1.87. The van der Waals surface area contributed by atoms with Gasteiger partial charge in [-0.25, -0.2) is 4.21 Å². The van der Waals surface area contributed by atoms with E-state index >= 15 is 0 Å². The molecule has 0 N–H and O–H groups in total. The summed E-state index contributed by atoms with van der Waals surface area (Å²) in [7, 11) is 0. The molecule has 7 heavy (non-hydrogen) atoms. The molecule has 1 aliphatic rings. The van der Waals surface area contributed by atoms with Crippen LogP contribution in [0, 0.1) is 0 Å². The van der Waals surface area contributed by atoms with Crippen LogP contribution in [0.25, 0.3) is 0 Å². The van der Waals surface area contributed by atoms with Crippen LogP contribution in [-0.4, -0.2) is 9.07 Å². The molecule has 0 aliphatic heterocycles. The quantitative estimate of drug-likeness (QED) is 0.417. The molecule has 0 aromatic heterocycles. The summed E-state index contributed by atoms with van der Waals surface area (Å²) in [6.07, 6.45) is 7.27. The number of allylic oxidation sites excluding steroid dienone is 4. The molecule has 0 saturated heterocycles.